The Morgan fingerprint density at radius 2 is 1.80 bits per heavy atom. The Bertz CT molecular complexity index is 1290. The molecule has 180 valence electrons. The molecule has 6 nitrogen and oxygen atoms in total. The lowest BCUT2D eigenvalue weighted by molar-refractivity contribution is -0.131. The molecule has 0 aliphatic carbocycles. The largest absolute Gasteiger partial charge is 0.435 e. The smallest absolute Gasteiger partial charge is 0.387 e. The maximum Gasteiger partial charge on any atom is 0.387 e. The molecule has 2 aromatic carbocycles. The summed E-state index contributed by atoms with van der Waals surface area (Å²) >= 11 is 1.71. The van der Waals surface area contributed by atoms with Gasteiger partial charge in [0.2, 0.25) is 5.91 Å². The molecule has 0 unspecified atom stereocenters. The summed E-state index contributed by atoms with van der Waals surface area (Å²) in [5, 5.41) is 5.79. The van der Waals surface area contributed by atoms with Crippen LogP contribution in [0.2, 0.25) is 0 Å². The van der Waals surface area contributed by atoms with Crippen molar-refractivity contribution in [2.45, 2.75) is 32.9 Å². The van der Waals surface area contributed by atoms with Gasteiger partial charge >= 0.3 is 6.61 Å². The highest BCUT2D eigenvalue weighted by molar-refractivity contribution is 7.11. The molecule has 4 aromatic rings. The number of rotatable bonds is 6. The van der Waals surface area contributed by atoms with Crippen LogP contribution in [0.25, 0.3) is 22.5 Å². The number of alkyl halides is 2. The SMILES string of the molecule is Cc1nc2c(s1)CCN(C(=O)Cn1nc(-c3ccc(OC(F)F)cc3)cc1-c1ccccc1)CC2. The van der Waals surface area contributed by atoms with Crippen LogP contribution in [0.1, 0.15) is 15.6 Å². The fourth-order valence-corrected chi connectivity index (χ4v) is 5.27. The molecule has 5 rings (SSSR count). The van der Waals surface area contributed by atoms with Crippen LogP contribution in [0, 0.1) is 6.92 Å². The Morgan fingerprint density at radius 1 is 1.06 bits per heavy atom. The summed E-state index contributed by atoms with van der Waals surface area (Å²) in [7, 11) is 0. The third-order valence-corrected chi connectivity index (χ3v) is 7.05. The molecule has 0 saturated carbocycles. The van der Waals surface area contributed by atoms with Gasteiger partial charge in [-0.3, -0.25) is 9.48 Å². The quantitative estimate of drug-likeness (QED) is 0.369. The topological polar surface area (TPSA) is 60.2 Å². The van der Waals surface area contributed by atoms with Gasteiger partial charge in [-0.25, -0.2) is 4.98 Å². The monoisotopic (exact) mass is 494 g/mol. The number of hydrogen-bond acceptors (Lipinski definition) is 5. The van der Waals surface area contributed by atoms with Crippen molar-refractivity contribution in [2.24, 2.45) is 0 Å². The first kappa shape index (κ1) is 23.2. The van der Waals surface area contributed by atoms with Gasteiger partial charge in [-0.05, 0) is 42.8 Å². The minimum Gasteiger partial charge on any atom is -0.435 e. The molecule has 0 atom stereocenters. The average Bonchev–Trinajstić information content (AvgIpc) is 3.36. The molecular formula is C26H24F2N4O2S. The number of ether oxygens (including phenoxy) is 1. The second-order valence-corrected chi connectivity index (χ2v) is 9.61. The van der Waals surface area contributed by atoms with Gasteiger partial charge in [0.15, 0.2) is 0 Å². The number of carbonyl (C=O) groups is 1. The molecule has 3 heterocycles. The number of benzene rings is 2. The van der Waals surface area contributed by atoms with Crippen LogP contribution in [0.5, 0.6) is 5.75 Å². The summed E-state index contributed by atoms with van der Waals surface area (Å²) in [6.07, 6.45) is 1.57. The zero-order chi connectivity index (χ0) is 24.4. The number of fused-ring (bicyclic) bond motifs is 1. The fraction of sp³-hybridized carbons (Fsp3) is 0.269. The van der Waals surface area contributed by atoms with E-state index in [4.69, 9.17) is 5.10 Å². The molecule has 35 heavy (non-hydrogen) atoms. The van der Waals surface area contributed by atoms with Crippen molar-refractivity contribution in [3.05, 3.63) is 76.2 Å². The number of aryl methyl sites for hydroxylation is 1. The Labute approximate surface area is 205 Å². The number of nitrogens with zero attached hydrogens (tertiary/aromatic N) is 4. The van der Waals surface area contributed by atoms with E-state index in [2.05, 4.69) is 9.72 Å². The van der Waals surface area contributed by atoms with Gasteiger partial charge in [0.05, 0.1) is 22.1 Å². The van der Waals surface area contributed by atoms with Crippen molar-refractivity contribution >= 4 is 17.2 Å². The minimum absolute atomic E-state index is 0.00406. The van der Waals surface area contributed by atoms with Crippen LogP contribution in [0.15, 0.2) is 60.7 Å². The molecule has 0 saturated heterocycles. The molecule has 0 bridgehead atoms. The van der Waals surface area contributed by atoms with Crippen molar-refractivity contribution in [3.63, 3.8) is 0 Å². The van der Waals surface area contributed by atoms with Crippen molar-refractivity contribution in [1.82, 2.24) is 19.7 Å². The van der Waals surface area contributed by atoms with Gasteiger partial charge in [0.1, 0.15) is 12.3 Å². The van der Waals surface area contributed by atoms with E-state index in [1.807, 2.05) is 48.2 Å². The number of thiazole rings is 1. The van der Waals surface area contributed by atoms with Gasteiger partial charge in [-0.15, -0.1) is 11.3 Å². The second kappa shape index (κ2) is 9.95. The Hall–Kier alpha value is -3.59. The Balaban J connectivity index is 1.39. The van der Waals surface area contributed by atoms with E-state index < -0.39 is 6.61 Å². The van der Waals surface area contributed by atoms with E-state index in [1.54, 1.807) is 28.2 Å². The van der Waals surface area contributed by atoms with Crippen LogP contribution < -0.4 is 4.74 Å². The minimum atomic E-state index is -2.87. The number of carbonyl (C=O) groups excluding carboxylic acids is 1. The van der Waals surface area contributed by atoms with Crippen molar-refractivity contribution < 1.29 is 18.3 Å². The summed E-state index contributed by atoms with van der Waals surface area (Å²) in [6.45, 7) is 0.544. The maximum absolute atomic E-state index is 13.3. The van der Waals surface area contributed by atoms with Gasteiger partial charge in [0.25, 0.3) is 0 Å². The standard InChI is InChI=1S/C26H24F2N4O2S/c1-17-29-21-11-13-31(14-12-24(21)35-17)25(33)16-32-23(19-5-3-2-4-6-19)15-22(30-32)18-7-9-20(10-8-18)34-26(27)28/h2-10,15,26H,11-14,16H2,1H3. The Kier molecular flexibility index (Phi) is 6.59. The first-order valence-electron chi connectivity index (χ1n) is 11.4. The van der Waals surface area contributed by atoms with Crippen molar-refractivity contribution in [2.75, 3.05) is 13.1 Å². The van der Waals surface area contributed by atoms with Crippen LogP contribution in [0.4, 0.5) is 8.78 Å². The molecule has 1 aliphatic heterocycles. The van der Waals surface area contributed by atoms with Crippen molar-refractivity contribution in [3.8, 4) is 28.3 Å². The average molecular weight is 495 g/mol. The van der Waals surface area contributed by atoms with E-state index in [1.165, 1.54) is 17.0 Å². The summed E-state index contributed by atoms with van der Waals surface area (Å²) < 4.78 is 31.1. The fourth-order valence-electron chi connectivity index (χ4n) is 4.30. The van der Waals surface area contributed by atoms with E-state index >= 15 is 0 Å². The molecule has 1 amide bonds. The predicted octanol–water partition coefficient (Wildman–Crippen LogP) is 5.21. The van der Waals surface area contributed by atoms with Crippen LogP contribution in [-0.4, -0.2) is 45.3 Å². The van der Waals surface area contributed by atoms with Gasteiger partial charge < -0.3 is 9.64 Å². The second-order valence-electron chi connectivity index (χ2n) is 8.32. The van der Waals surface area contributed by atoms with Gasteiger partial charge in [0, 0.05) is 36.4 Å². The van der Waals surface area contributed by atoms with E-state index in [0.29, 0.717) is 18.8 Å². The molecular weight excluding hydrogens is 470 g/mol. The molecule has 0 spiro atoms. The molecule has 0 radical (unpaired) electrons. The summed E-state index contributed by atoms with van der Waals surface area (Å²) in [4.78, 5) is 21.1. The van der Waals surface area contributed by atoms with Crippen LogP contribution >= 0.6 is 11.3 Å². The lowest BCUT2D eigenvalue weighted by Crippen LogP contribution is -2.36. The molecule has 9 heteroatoms. The predicted molar refractivity (Wildman–Crippen MR) is 131 cm³/mol. The van der Waals surface area contributed by atoms with E-state index in [9.17, 15) is 13.6 Å². The van der Waals surface area contributed by atoms with Crippen LogP contribution in [-0.2, 0) is 24.2 Å². The third-order valence-electron chi connectivity index (χ3n) is 5.97. The van der Waals surface area contributed by atoms with Crippen LogP contribution in [0.3, 0.4) is 0 Å². The highest BCUT2D eigenvalue weighted by atomic mass is 32.1. The van der Waals surface area contributed by atoms with E-state index in [0.717, 1.165) is 40.4 Å². The van der Waals surface area contributed by atoms with Gasteiger partial charge in [-0.1, -0.05) is 30.3 Å². The molecule has 0 fully saturated rings. The van der Waals surface area contributed by atoms with Gasteiger partial charge in [-0.2, -0.15) is 13.9 Å². The first-order chi connectivity index (χ1) is 17.0. The normalized spacial score (nSPS) is 13.5. The first-order valence-corrected chi connectivity index (χ1v) is 12.2. The van der Waals surface area contributed by atoms with Crippen molar-refractivity contribution in [1.29, 1.82) is 0 Å². The zero-order valence-corrected chi connectivity index (χ0v) is 20.0. The number of halogens is 2. The highest BCUT2D eigenvalue weighted by Gasteiger charge is 2.23. The number of aromatic nitrogens is 3. The Morgan fingerprint density at radius 3 is 2.54 bits per heavy atom. The zero-order valence-electron chi connectivity index (χ0n) is 19.2. The highest BCUT2D eigenvalue weighted by Crippen LogP contribution is 2.28. The lowest BCUT2D eigenvalue weighted by atomic mass is 10.1. The lowest BCUT2D eigenvalue weighted by Gasteiger charge is -2.20. The molecule has 2 aromatic heterocycles. The summed E-state index contributed by atoms with van der Waals surface area (Å²) in [5.41, 5.74) is 4.25. The number of amides is 1. The number of hydrogen-bond donors (Lipinski definition) is 0. The summed E-state index contributed by atoms with van der Waals surface area (Å²) in [6, 6.07) is 18.0. The third kappa shape index (κ3) is 5.24. The molecule has 0 N–H and O–H groups in total. The maximum atomic E-state index is 13.3. The summed E-state index contributed by atoms with van der Waals surface area (Å²) in [5.74, 6) is 0.0883. The molecule has 1 aliphatic rings. The van der Waals surface area contributed by atoms with E-state index in [-0.39, 0.29) is 18.2 Å².